The minimum atomic E-state index is -0.127. The Morgan fingerprint density at radius 2 is 1.24 bits per heavy atom. The molecule has 34 heavy (non-hydrogen) atoms. The van der Waals surface area contributed by atoms with Gasteiger partial charge in [-0.05, 0) is 66.6 Å². The molecule has 0 unspecified atom stereocenters. The van der Waals surface area contributed by atoms with E-state index in [-0.39, 0.29) is 36.6 Å². The highest BCUT2D eigenvalue weighted by atomic mass is 35.5. The van der Waals surface area contributed by atoms with E-state index < -0.39 is 0 Å². The molecule has 2 aromatic rings. The summed E-state index contributed by atoms with van der Waals surface area (Å²) in [4.78, 5) is 16.5. The molecule has 2 saturated heterocycles. The largest absolute Gasteiger partial charge is 0.369 e. The molecule has 2 heterocycles. The fourth-order valence-corrected chi connectivity index (χ4v) is 5.47. The van der Waals surface area contributed by atoms with Crippen molar-refractivity contribution in [1.82, 2.24) is 9.80 Å². The highest BCUT2D eigenvalue weighted by Crippen LogP contribution is 2.38. The number of hydrogen-bond donors (Lipinski definition) is 1. The number of likely N-dealkylation sites (tertiary alicyclic amines) is 2. The molecule has 0 saturated carbocycles. The van der Waals surface area contributed by atoms with Crippen LogP contribution in [0.15, 0.2) is 54.1 Å². The molecule has 182 valence electrons. The van der Waals surface area contributed by atoms with Gasteiger partial charge in [0.15, 0.2) is 0 Å². The van der Waals surface area contributed by atoms with E-state index in [0.29, 0.717) is 0 Å². The Bertz CT molecular complexity index is 996. The minimum Gasteiger partial charge on any atom is -0.369 e. The Morgan fingerprint density at radius 3 is 1.74 bits per heavy atom. The summed E-state index contributed by atoms with van der Waals surface area (Å²) >= 11 is 0. The molecule has 2 aliphatic heterocycles. The number of primary amides is 1. The molecule has 6 heteroatoms. The van der Waals surface area contributed by atoms with Gasteiger partial charge in [-0.1, -0.05) is 66.3 Å². The number of nitrogens with two attached hydrogens (primary N) is 1. The van der Waals surface area contributed by atoms with E-state index >= 15 is 0 Å². The first-order chi connectivity index (χ1) is 15.7. The van der Waals surface area contributed by atoms with Crippen molar-refractivity contribution >= 4 is 48.4 Å². The number of benzene rings is 2. The fourth-order valence-electron chi connectivity index (χ4n) is 5.47. The predicted molar refractivity (Wildman–Crippen MR) is 146 cm³/mol. The van der Waals surface area contributed by atoms with Crippen LogP contribution >= 0.6 is 24.8 Å². The maximum atomic E-state index is 11.4. The topological polar surface area (TPSA) is 49.6 Å². The zero-order valence-corrected chi connectivity index (χ0v) is 21.3. The van der Waals surface area contributed by atoms with Gasteiger partial charge in [-0.3, -0.25) is 4.79 Å². The van der Waals surface area contributed by atoms with Crippen LogP contribution in [0.5, 0.6) is 0 Å². The van der Waals surface area contributed by atoms with Crippen LogP contribution in [0.1, 0.15) is 47.9 Å². The van der Waals surface area contributed by atoms with Crippen LogP contribution in [0, 0.1) is 5.92 Å². The summed E-state index contributed by atoms with van der Waals surface area (Å²) in [5, 5.41) is 0. The standard InChI is InChI=1S/C28H33N3O.2ClH/c29-28(32)24-13-17-31(18-14-24)20-19-30-15-11-23(12-16-30)27-25-7-3-1-5-21(25)9-10-22-6-2-4-8-26(22)27;;/h1-10,24H,11-20H2,(H2,29,32);2*1H. The molecular weight excluding hydrogens is 465 g/mol. The zero-order valence-electron chi connectivity index (χ0n) is 19.6. The molecule has 0 spiro atoms. The fraction of sp³-hybridized carbons (Fsp3) is 0.393. The number of hydrogen-bond acceptors (Lipinski definition) is 3. The van der Waals surface area contributed by atoms with Gasteiger partial charge in [-0.15, -0.1) is 24.8 Å². The van der Waals surface area contributed by atoms with Crippen LogP contribution in [0.3, 0.4) is 0 Å². The molecule has 0 atom stereocenters. The van der Waals surface area contributed by atoms with Crippen LogP contribution in [0.2, 0.25) is 0 Å². The van der Waals surface area contributed by atoms with Crippen molar-refractivity contribution in [3.05, 3.63) is 76.4 Å². The normalized spacial score (nSPS) is 18.8. The number of amides is 1. The average molecular weight is 501 g/mol. The van der Waals surface area contributed by atoms with E-state index in [1.54, 1.807) is 5.57 Å². The van der Waals surface area contributed by atoms with Gasteiger partial charge in [0, 0.05) is 32.1 Å². The quantitative estimate of drug-likeness (QED) is 0.542. The molecule has 3 aliphatic rings. The van der Waals surface area contributed by atoms with Crippen LogP contribution in [0.25, 0.3) is 17.7 Å². The number of carbonyl (C=O) groups excluding carboxylic acids is 1. The number of piperidine rings is 2. The molecule has 4 nitrogen and oxygen atoms in total. The Morgan fingerprint density at radius 1 is 0.765 bits per heavy atom. The van der Waals surface area contributed by atoms with Crippen molar-refractivity contribution < 1.29 is 4.79 Å². The molecule has 1 aliphatic carbocycles. The molecule has 1 amide bonds. The van der Waals surface area contributed by atoms with Gasteiger partial charge in [0.1, 0.15) is 0 Å². The second-order valence-electron chi connectivity index (χ2n) is 9.35. The highest BCUT2D eigenvalue weighted by Gasteiger charge is 2.25. The monoisotopic (exact) mass is 499 g/mol. The van der Waals surface area contributed by atoms with E-state index in [1.165, 1.54) is 27.8 Å². The van der Waals surface area contributed by atoms with Gasteiger partial charge < -0.3 is 15.5 Å². The molecule has 0 radical (unpaired) electrons. The van der Waals surface area contributed by atoms with Crippen LogP contribution in [0.4, 0.5) is 0 Å². The van der Waals surface area contributed by atoms with E-state index in [2.05, 4.69) is 70.5 Å². The summed E-state index contributed by atoms with van der Waals surface area (Å²) in [7, 11) is 0. The van der Waals surface area contributed by atoms with Gasteiger partial charge in [-0.25, -0.2) is 0 Å². The van der Waals surface area contributed by atoms with Crippen molar-refractivity contribution in [3.8, 4) is 0 Å². The van der Waals surface area contributed by atoms with E-state index in [0.717, 1.165) is 65.0 Å². The number of nitrogens with zero attached hydrogens (tertiary/aromatic N) is 2. The maximum Gasteiger partial charge on any atom is 0.220 e. The molecule has 2 fully saturated rings. The third-order valence-electron chi connectivity index (χ3n) is 7.44. The molecular formula is C28H35Cl2N3O. The summed E-state index contributed by atoms with van der Waals surface area (Å²) in [6.07, 6.45) is 8.61. The van der Waals surface area contributed by atoms with Gasteiger partial charge >= 0.3 is 0 Å². The number of rotatable bonds is 4. The second kappa shape index (κ2) is 12.0. The van der Waals surface area contributed by atoms with Crippen molar-refractivity contribution in [2.45, 2.75) is 25.7 Å². The van der Waals surface area contributed by atoms with Gasteiger partial charge in [-0.2, -0.15) is 0 Å². The van der Waals surface area contributed by atoms with Crippen molar-refractivity contribution in [3.63, 3.8) is 0 Å². The predicted octanol–water partition coefficient (Wildman–Crippen LogP) is 5.11. The van der Waals surface area contributed by atoms with Crippen molar-refractivity contribution in [1.29, 1.82) is 0 Å². The Balaban J connectivity index is 0.00000162. The van der Waals surface area contributed by atoms with Crippen LogP contribution in [-0.2, 0) is 4.79 Å². The average Bonchev–Trinajstić information content (AvgIpc) is 3.00. The molecule has 5 rings (SSSR count). The van der Waals surface area contributed by atoms with Crippen molar-refractivity contribution in [2.24, 2.45) is 11.7 Å². The van der Waals surface area contributed by atoms with E-state index in [4.69, 9.17) is 5.73 Å². The lowest BCUT2D eigenvalue weighted by atomic mass is 9.86. The first-order valence-corrected chi connectivity index (χ1v) is 12.0. The highest BCUT2D eigenvalue weighted by molar-refractivity contribution is 5.94. The molecule has 0 aromatic heterocycles. The summed E-state index contributed by atoms with van der Waals surface area (Å²) in [5.74, 6) is -0.0478. The third-order valence-corrected chi connectivity index (χ3v) is 7.44. The van der Waals surface area contributed by atoms with Gasteiger partial charge in [0.2, 0.25) is 5.91 Å². The molecule has 0 bridgehead atoms. The van der Waals surface area contributed by atoms with E-state index in [1.807, 2.05) is 0 Å². The summed E-state index contributed by atoms with van der Waals surface area (Å²) in [6, 6.07) is 17.6. The number of halogens is 2. The molecule has 2 N–H and O–H groups in total. The zero-order chi connectivity index (χ0) is 21.9. The van der Waals surface area contributed by atoms with Gasteiger partial charge in [0.25, 0.3) is 0 Å². The smallest absolute Gasteiger partial charge is 0.220 e. The Hall–Kier alpha value is -2.11. The number of carbonyl (C=O) groups is 1. The first-order valence-electron chi connectivity index (χ1n) is 12.0. The summed E-state index contributed by atoms with van der Waals surface area (Å²) < 4.78 is 0. The van der Waals surface area contributed by atoms with E-state index in [9.17, 15) is 4.79 Å². The second-order valence-corrected chi connectivity index (χ2v) is 9.35. The number of fused-ring (bicyclic) bond motifs is 2. The summed E-state index contributed by atoms with van der Waals surface area (Å²) in [5.41, 5.74) is 13.9. The summed E-state index contributed by atoms with van der Waals surface area (Å²) in [6.45, 7) is 6.43. The SMILES string of the molecule is Cl.Cl.NC(=O)C1CCN(CCN2CCC(=C3c4ccccc4C=Cc4ccccc43)CC2)CC1. The molecule has 2 aromatic carbocycles. The minimum absolute atomic E-state index is 0. The Kier molecular flexibility index (Phi) is 9.38. The Labute approximate surface area is 215 Å². The van der Waals surface area contributed by atoms with Crippen LogP contribution in [-0.4, -0.2) is 55.0 Å². The maximum absolute atomic E-state index is 11.4. The lowest BCUT2D eigenvalue weighted by Gasteiger charge is -2.34. The first kappa shape index (κ1) is 26.5. The lowest BCUT2D eigenvalue weighted by molar-refractivity contribution is -0.123. The van der Waals surface area contributed by atoms with Crippen LogP contribution < -0.4 is 5.73 Å². The van der Waals surface area contributed by atoms with Gasteiger partial charge in [0.05, 0.1) is 0 Å². The van der Waals surface area contributed by atoms with Crippen molar-refractivity contribution in [2.75, 3.05) is 39.3 Å². The lowest BCUT2D eigenvalue weighted by Crippen LogP contribution is -2.43. The third kappa shape index (κ3) is 5.75.